The van der Waals surface area contributed by atoms with Gasteiger partial charge >= 0.3 is 0 Å². The van der Waals surface area contributed by atoms with E-state index in [-0.39, 0.29) is 11.0 Å². The molecule has 1 aliphatic carbocycles. The van der Waals surface area contributed by atoms with Crippen molar-refractivity contribution in [3.63, 3.8) is 0 Å². The molecule has 0 unspecified atom stereocenters. The lowest BCUT2D eigenvalue weighted by Gasteiger charge is -2.21. The molecule has 0 radical (unpaired) electrons. The van der Waals surface area contributed by atoms with Gasteiger partial charge in [0.25, 0.3) is 0 Å². The molecule has 1 fully saturated rings. The highest BCUT2D eigenvalue weighted by Crippen LogP contribution is 2.23. The molecule has 102 valence electrons. The van der Waals surface area contributed by atoms with Gasteiger partial charge in [0.1, 0.15) is 0 Å². The minimum Gasteiger partial charge on any atom is -0.472 e. The van der Waals surface area contributed by atoms with Gasteiger partial charge in [-0.2, -0.15) is 0 Å². The zero-order valence-electron chi connectivity index (χ0n) is 10.6. The van der Waals surface area contributed by atoms with Crippen molar-refractivity contribution in [3.05, 3.63) is 24.2 Å². The summed E-state index contributed by atoms with van der Waals surface area (Å²) in [7, 11) is -2.91. The minimum atomic E-state index is -2.91. The van der Waals surface area contributed by atoms with Gasteiger partial charge in [-0.1, -0.05) is 19.3 Å². The van der Waals surface area contributed by atoms with Crippen molar-refractivity contribution in [2.75, 3.05) is 12.3 Å². The molecule has 0 aliphatic heterocycles. The molecule has 0 atom stereocenters. The molecule has 4 nitrogen and oxygen atoms in total. The fraction of sp³-hybridized carbons (Fsp3) is 0.692. The first-order valence-corrected chi connectivity index (χ1v) is 8.33. The Morgan fingerprint density at radius 2 is 2.06 bits per heavy atom. The molecule has 0 spiro atoms. The Morgan fingerprint density at radius 1 is 1.28 bits per heavy atom. The van der Waals surface area contributed by atoms with Gasteiger partial charge < -0.3 is 9.73 Å². The van der Waals surface area contributed by atoms with Crippen molar-refractivity contribution in [2.24, 2.45) is 0 Å². The molecule has 1 aromatic rings. The molecule has 2 rings (SSSR count). The SMILES string of the molecule is O=S(=O)(CCNCc1ccoc1)C1CCCCC1. The summed E-state index contributed by atoms with van der Waals surface area (Å²) in [5, 5.41) is 3.05. The predicted octanol–water partition coefficient (Wildman–Crippen LogP) is 2.12. The van der Waals surface area contributed by atoms with Crippen LogP contribution in [0.1, 0.15) is 37.7 Å². The van der Waals surface area contributed by atoms with Crippen molar-refractivity contribution in [2.45, 2.75) is 43.9 Å². The van der Waals surface area contributed by atoms with Crippen molar-refractivity contribution in [1.29, 1.82) is 0 Å². The lowest BCUT2D eigenvalue weighted by molar-refractivity contribution is 0.482. The fourth-order valence-electron chi connectivity index (χ4n) is 2.43. The van der Waals surface area contributed by atoms with E-state index in [1.54, 1.807) is 12.5 Å². The summed E-state index contributed by atoms with van der Waals surface area (Å²) in [6.07, 6.45) is 8.30. The zero-order valence-corrected chi connectivity index (χ0v) is 11.4. The maximum atomic E-state index is 12.1. The van der Waals surface area contributed by atoms with Crippen LogP contribution in [0.4, 0.5) is 0 Å². The molecule has 0 bridgehead atoms. The largest absolute Gasteiger partial charge is 0.472 e. The summed E-state index contributed by atoms with van der Waals surface area (Å²) in [6.45, 7) is 1.18. The molecule has 0 saturated heterocycles. The van der Waals surface area contributed by atoms with Crippen LogP contribution in [0, 0.1) is 0 Å². The van der Waals surface area contributed by atoms with E-state index in [1.807, 2.05) is 6.07 Å². The summed E-state index contributed by atoms with van der Waals surface area (Å²) in [6, 6.07) is 1.88. The zero-order chi connectivity index (χ0) is 12.8. The maximum Gasteiger partial charge on any atom is 0.154 e. The number of hydrogen-bond acceptors (Lipinski definition) is 4. The first-order valence-electron chi connectivity index (χ1n) is 6.62. The second kappa shape index (κ2) is 6.38. The summed E-state index contributed by atoms with van der Waals surface area (Å²) in [4.78, 5) is 0. The van der Waals surface area contributed by atoms with Gasteiger partial charge in [-0.15, -0.1) is 0 Å². The van der Waals surface area contributed by atoms with Crippen molar-refractivity contribution >= 4 is 9.84 Å². The van der Waals surface area contributed by atoms with Gasteiger partial charge in [0.15, 0.2) is 9.84 Å². The summed E-state index contributed by atoms with van der Waals surface area (Å²) in [5.41, 5.74) is 1.05. The monoisotopic (exact) mass is 271 g/mol. The molecule has 5 heteroatoms. The number of sulfone groups is 1. The summed E-state index contributed by atoms with van der Waals surface area (Å²) >= 11 is 0. The molecular formula is C13H21NO3S. The number of hydrogen-bond donors (Lipinski definition) is 1. The second-order valence-electron chi connectivity index (χ2n) is 4.94. The van der Waals surface area contributed by atoms with Gasteiger partial charge in [-0.3, -0.25) is 0 Å². The second-order valence-corrected chi connectivity index (χ2v) is 7.34. The number of furan rings is 1. The molecule has 18 heavy (non-hydrogen) atoms. The molecule has 1 N–H and O–H groups in total. The van der Waals surface area contributed by atoms with E-state index in [4.69, 9.17) is 4.42 Å². The molecule has 1 aliphatic rings. The van der Waals surface area contributed by atoms with Crippen molar-refractivity contribution in [1.82, 2.24) is 5.32 Å². The van der Waals surface area contributed by atoms with E-state index in [0.29, 0.717) is 13.1 Å². The van der Waals surface area contributed by atoms with E-state index < -0.39 is 9.84 Å². The Bertz CT molecular complexity index is 433. The van der Waals surface area contributed by atoms with Gasteiger partial charge in [-0.05, 0) is 18.9 Å². The third-order valence-corrected chi connectivity index (χ3v) is 5.79. The van der Waals surface area contributed by atoms with Crippen LogP contribution in [-0.2, 0) is 16.4 Å². The maximum absolute atomic E-state index is 12.1. The van der Waals surface area contributed by atoms with Gasteiger partial charge in [0.05, 0.1) is 23.5 Å². The Kier molecular flexibility index (Phi) is 4.83. The average Bonchev–Trinajstić information content (AvgIpc) is 2.89. The number of rotatable bonds is 6. The molecular weight excluding hydrogens is 250 g/mol. The molecule has 1 saturated carbocycles. The molecule has 1 aromatic heterocycles. The highest BCUT2D eigenvalue weighted by Gasteiger charge is 2.26. The minimum absolute atomic E-state index is 0.0954. The van der Waals surface area contributed by atoms with E-state index in [0.717, 1.165) is 31.2 Å². The smallest absolute Gasteiger partial charge is 0.154 e. The van der Waals surface area contributed by atoms with Crippen molar-refractivity contribution in [3.8, 4) is 0 Å². The Morgan fingerprint density at radius 3 is 2.72 bits per heavy atom. The topological polar surface area (TPSA) is 59.3 Å². The summed E-state index contributed by atoms with van der Waals surface area (Å²) in [5.74, 6) is 0.246. The van der Waals surface area contributed by atoms with Crippen LogP contribution >= 0.6 is 0 Å². The lowest BCUT2D eigenvalue weighted by atomic mass is 10.0. The molecule has 0 aromatic carbocycles. The normalized spacial score (nSPS) is 18.0. The number of nitrogens with one attached hydrogen (secondary N) is 1. The first-order chi connectivity index (χ1) is 8.68. The molecule has 1 heterocycles. The van der Waals surface area contributed by atoms with E-state index in [1.165, 1.54) is 6.42 Å². The lowest BCUT2D eigenvalue weighted by Crippen LogP contribution is -2.31. The first kappa shape index (κ1) is 13.6. The average molecular weight is 271 g/mol. The Balaban J connectivity index is 1.71. The van der Waals surface area contributed by atoms with Crippen LogP contribution < -0.4 is 5.32 Å². The van der Waals surface area contributed by atoms with Crippen LogP contribution in [0.2, 0.25) is 0 Å². The van der Waals surface area contributed by atoms with E-state index in [2.05, 4.69) is 5.32 Å². The van der Waals surface area contributed by atoms with Crippen LogP contribution in [0.5, 0.6) is 0 Å². The highest BCUT2D eigenvalue weighted by molar-refractivity contribution is 7.92. The predicted molar refractivity (Wildman–Crippen MR) is 71.1 cm³/mol. The van der Waals surface area contributed by atoms with Gasteiger partial charge in [-0.25, -0.2) is 8.42 Å². The van der Waals surface area contributed by atoms with Crippen LogP contribution in [0.15, 0.2) is 23.0 Å². The van der Waals surface area contributed by atoms with Crippen LogP contribution in [0.3, 0.4) is 0 Å². The Hall–Kier alpha value is -0.810. The van der Waals surface area contributed by atoms with Crippen molar-refractivity contribution < 1.29 is 12.8 Å². The third kappa shape index (κ3) is 3.85. The summed E-state index contributed by atoms with van der Waals surface area (Å²) < 4.78 is 29.1. The van der Waals surface area contributed by atoms with E-state index >= 15 is 0 Å². The quantitative estimate of drug-likeness (QED) is 0.805. The standard InChI is InChI=1S/C13H21NO3S/c15-18(16,13-4-2-1-3-5-13)9-7-14-10-12-6-8-17-11-12/h6,8,11,13-14H,1-5,7,9-10H2. The fourth-order valence-corrected chi connectivity index (χ4v) is 4.25. The Labute approximate surface area is 109 Å². The highest BCUT2D eigenvalue weighted by atomic mass is 32.2. The van der Waals surface area contributed by atoms with Gasteiger partial charge in [0, 0.05) is 18.7 Å². The van der Waals surface area contributed by atoms with Gasteiger partial charge in [0.2, 0.25) is 0 Å². The van der Waals surface area contributed by atoms with E-state index in [9.17, 15) is 8.42 Å². The third-order valence-electron chi connectivity index (χ3n) is 3.53. The molecule has 0 amide bonds. The van der Waals surface area contributed by atoms with Crippen LogP contribution in [-0.4, -0.2) is 26.0 Å². The van der Waals surface area contributed by atoms with Crippen LogP contribution in [0.25, 0.3) is 0 Å².